The number of aryl methyl sites for hydroxylation is 2. The average Bonchev–Trinajstić information content (AvgIpc) is 2.97. The van der Waals surface area contributed by atoms with Gasteiger partial charge in [-0.15, -0.1) is 0 Å². The van der Waals surface area contributed by atoms with E-state index < -0.39 is 15.6 Å². The smallest absolute Gasteiger partial charge is 0.238 e. The predicted molar refractivity (Wildman–Crippen MR) is 93.6 cm³/mol. The van der Waals surface area contributed by atoms with Crippen molar-refractivity contribution in [2.75, 3.05) is 12.8 Å². The molecule has 0 bridgehead atoms. The molecular formula is C18H22N2O4S. The van der Waals surface area contributed by atoms with E-state index in [2.05, 4.69) is 11.2 Å². The maximum absolute atomic E-state index is 12.6. The number of fused-ring (bicyclic) bond motifs is 1. The Hall–Kier alpha value is -2.15. The molecule has 6 nitrogen and oxygen atoms in total. The zero-order valence-electron chi connectivity index (χ0n) is 14.4. The van der Waals surface area contributed by atoms with Gasteiger partial charge in [0.2, 0.25) is 5.91 Å². The van der Waals surface area contributed by atoms with Gasteiger partial charge in [0.25, 0.3) is 0 Å². The number of nitrogens with zero attached hydrogens (tertiary/aromatic N) is 2. The minimum atomic E-state index is -3.60. The van der Waals surface area contributed by atoms with E-state index in [9.17, 15) is 13.2 Å². The Balaban J connectivity index is 1.71. The van der Waals surface area contributed by atoms with Gasteiger partial charge in [-0.1, -0.05) is 29.4 Å². The highest BCUT2D eigenvalue weighted by atomic mass is 32.2. The van der Waals surface area contributed by atoms with Crippen LogP contribution in [0.15, 0.2) is 34.9 Å². The summed E-state index contributed by atoms with van der Waals surface area (Å²) < 4.78 is 29.5. The van der Waals surface area contributed by atoms with Crippen molar-refractivity contribution < 1.29 is 17.7 Å². The molecule has 25 heavy (non-hydrogen) atoms. The number of carbonyl (C=O) groups excluding carboxylic acids is 1. The van der Waals surface area contributed by atoms with Crippen LogP contribution in [0, 0.1) is 6.92 Å². The van der Waals surface area contributed by atoms with Crippen molar-refractivity contribution in [3.8, 4) is 0 Å². The molecular weight excluding hydrogens is 340 g/mol. The van der Waals surface area contributed by atoms with Crippen molar-refractivity contribution in [1.29, 1.82) is 0 Å². The standard InChI is InChI=1S/C18H22N2O4S/c1-13-10-15(19-24-13)11-25(22,23)12-18(21)20(2)17-9-5-7-14-6-3-4-8-16(14)17/h3-4,6,8,10,17H,5,7,9,11-12H2,1-2H3/t17-/m1/s1. The van der Waals surface area contributed by atoms with Crippen LogP contribution in [0.25, 0.3) is 0 Å². The third kappa shape index (κ3) is 4.10. The number of rotatable bonds is 5. The molecule has 1 atom stereocenters. The van der Waals surface area contributed by atoms with Crippen molar-refractivity contribution in [2.24, 2.45) is 0 Å². The molecule has 7 heteroatoms. The molecule has 0 N–H and O–H groups in total. The van der Waals surface area contributed by atoms with Crippen molar-refractivity contribution in [3.63, 3.8) is 0 Å². The summed E-state index contributed by atoms with van der Waals surface area (Å²) in [6.07, 6.45) is 2.84. The van der Waals surface area contributed by atoms with Crippen LogP contribution in [0.2, 0.25) is 0 Å². The normalized spacial score (nSPS) is 17.1. The van der Waals surface area contributed by atoms with Crippen molar-refractivity contribution in [3.05, 3.63) is 52.9 Å². The topological polar surface area (TPSA) is 80.5 Å². The maximum Gasteiger partial charge on any atom is 0.238 e. The Morgan fingerprint density at radius 2 is 2.12 bits per heavy atom. The fourth-order valence-corrected chi connectivity index (χ4v) is 4.63. The van der Waals surface area contributed by atoms with Gasteiger partial charge >= 0.3 is 0 Å². The SMILES string of the molecule is Cc1cc(CS(=O)(=O)CC(=O)N(C)[C@@H]2CCCc3ccccc32)no1. The van der Waals surface area contributed by atoms with Crippen molar-refractivity contribution in [1.82, 2.24) is 10.1 Å². The molecule has 134 valence electrons. The van der Waals surface area contributed by atoms with Gasteiger partial charge in [0, 0.05) is 13.1 Å². The Kier molecular flexibility index (Phi) is 4.94. The lowest BCUT2D eigenvalue weighted by Crippen LogP contribution is -2.37. The average molecular weight is 362 g/mol. The molecule has 0 fully saturated rings. The third-order valence-corrected chi connectivity index (χ3v) is 6.01. The first-order valence-corrected chi connectivity index (χ1v) is 10.1. The minimum Gasteiger partial charge on any atom is -0.361 e. The molecule has 0 saturated heterocycles. The molecule has 2 aromatic rings. The third-order valence-electron chi connectivity index (χ3n) is 4.59. The number of benzene rings is 1. The van der Waals surface area contributed by atoms with Crippen LogP contribution >= 0.6 is 0 Å². The van der Waals surface area contributed by atoms with Gasteiger partial charge in [0.1, 0.15) is 11.5 Å². The van der Waals surface area contributed by atoms with E-state index in [0.29, 0.717) is 11.5 Å². The van der Waals surface area contributed by atoms with E-state index in [1.54, 1.807) is 24.9 Å². The van der Waals surface area contributed by atoms with E-state index >= 15 is 0 Å². The van der Waals surface area contributed by atoms with Crippen molar-refractivity contribution >= 4 is 15.7 Å². The van der Waals surface area contributed by atoms with Crippen molar-refractivity contribution in [2.45, 2.75) is 38.0 Å². The number of hydrogen-bond donors (Lipinski definition) is 0. The first-order valence-electron chi connectivity index (χ1n) is 8.32. The second kappa shape index (κ2) is 7.00. The fraction of sp³-hybridized carbons (Fsp3) is 0.444. The van der Waals surface area contributed by atoms with Crippen LogP contribution in [0.3, 0.4) is 0 Å². The Morgan fingerprint density at radius 3 is 2.84 bits per heavy atom. The lowest BCUT2D eigenvalue weighted by molar-refractivity contribution is -0.129. The molecule has 3 rings (SSSR count). The summed E-state index contributed by atoms with van der Waals surface area (Å²) in [5.41, 5.74) is 2.68. The van der Waals surface area contributed by atoms with E-state index in [-0.39, 0.29) is 17.7 Å². The highest BCUT2D eigenvalue weighted by molar-refractivity contribution is 7.91. The first kappa shape index (κ1) is 17.7. The molecule has 0 spiro atoms. The highest BCUT2D eigenvalue weighted by Gasteiger charge is 2.29. The molecule has 1 aliphatic carbocycles. The molecule has 1 aliphatic rings. The van der Waals surface area contributed by atoms with E-state index in [4.69, 9.17) is 4.52 Å². The zero-order chi connectivity index (χ0) is 18.0. The van der Waals surface area contributed by atoms with Gasteiger partial charge in [0.15, 0.2) is 9.84 Å². The Labute approximate surface area is 147 Å². The molecule has 1 aromatic heterocycles. The summed E-state index contributed by atoms with van der Waals surface area (Å²) in [4.78, 5) is 14.1. The van der Waals surface area contributed by atoms with Crippen LogP contribution in [0.5, 0.6) is 0 Å². The summed E-state index contributed by atoms with van der Waals surface area (Å²) in [5, 5.41) is 3.69. The second-order valence-corrected chi connectivity index (χ2v) is 8.64. The van der Waals surface area contributed by atoms with Gasteiger partial charge in [-0.2, -0.15) is 0 Å². The van der Waals surface area contributed by atoms with Gasteiger partial charge < -0.3 is 9.42 Å². The van der Waals surface area contributed by atoms with Crippen LogP contribution < -0.4 is 0 Å². The van der Waals surface area contributed by atoms with Crippen LogP contribution in [-0.2, 0) is 26.8 Å². The lowest BCUT2D eigenvalue weighted by atomic mass is 9.87. The molecule has 0 radical (unpaired) electrons. The Morgan fingerprint density at radius 1 is 1.36 bits per heavy atom. The van der Waals surface area contributed by atoms with Crippen LogP contribution in [0.1, 0.15) is 41.5 Å². The molecule has 1 amide bonds. The molecule has 0 saturated carbocycles. The molecule has 1 heterocycles. The largest absolute Gasteiger partial charge is 0.361 e. The summed E-state index contributed by atoms with van der Waals surface area (Å²) in [5.74, 6) is -0.645. The number of aromatic nitrogens is 1. The minimum absolute atomic E-state index is 0.0676. The lowest BCUT2D eigenvalue weighted by Gasteiger charge is -2.33. The van der Waals surface area contributed by atoms with Gasteiger partial charge in [-0.05, 0) is 37.3 Å². The van der Waals surface area contributed by atoms with E-state index in [1.165, 1.54) is 5.56 Å². The van der Waals surface area contributed by atoms with E-state index in [1.807, 2.05) is 18.2 Å². The summed E-state index contributed by atoms with van der Waals surface area (Å²) in [6, 6.07) is 9.55. The summed E-state index contributed by atoms with van der Waals surface area (Å²) >= 11 is 0. The van der Waals surface area contributed by atoms with E-state index in [0.717, 1.165) is 24.8 Å². The second-order valence-electron chi connectivity index (χ2n) is 6.57. The highest BCUT2D eigenvalue weighted by Crippen LogP contribution is 2.33. The summed E-state index contributed by atoms with van der Waals surface area (Å²) in [6.45, 7) is 1.70. The number of carbonyl (C=O) groups is 1. The fourth-order valence-electron chi connectivity index (χ4n) is 3.36. The van der Waals surface area contributed by atoms with Gasteiger partial charge in [-0.3, -0.25) is 4.79 Å². The van der Waals surface area contributed by atoms with Gasteiger partial charge in [-0.25, -0.2) is 8.42 Å². The molecule has 1 aromatic carbocycles. The number of sulfone groups is 1. The number of hydrogen-bond acceptors (Lipinski definition) is 5. The quantitative estimate of drug-likeness (QED) is 0.816. The summed E-state index contributed by atoms with van der Waals surface area (Å²) in [7, 11) is -1.91. The van der Waals surface area contributed by atoms with Gasteiger partial charge in [0.05, 0.1) is 17.5 Å². The Bertz CT molecular complexity index is 873. The monoisotopic (exact) mass is 362 g/mol. The molecule has 0 aliphatic heterocycles. The van der Waals surface area contributed by atoms with Crippen LogP contribution in [-0.4, -0.2) is 37.2 Å². The molecule has 0 unspecified atom stereocenters. The number of amides is 1. The predicted octanol–water partition coefficient (Wildman–Crippen LogP) is 2.43. The maximum atomic E-state index is 12.6. The first-order chi connectivity index (χ1) is 11.9. The zero-order valence-corrected chi connectivity index (χ0v) is 15.3. The van der Waals surface area contributed by atoms with Crippen LogP contribution in [0.4, 0.5) is 0 Å².